The van der Waals surface area contributed by atoms with Crippen LogP contribution >= 0.6 is 22.6 Å². The highest BCUT2D eigenvalue weighted by atomic mass is 127. The van der Waals surface area contributed by atoms with Crippen LogP contribution in [0.3, 0.4) is 0 Å². The Kier molecular flexibility index (Phi) is 5.65. The molecule has 0 heterocycles. The molecule has 80 valence electrons. The number of hydrogen-bond donors (Lipinski definition) is 0. The normalized spacial score (nSPS) is 11.5. The molecule has 0 amide bonds. The molecule has 0 N–H and O–H groups in total. The fourth-order valence-electron chi connectivity index (χ4n) is 1.17. The highest BCUT2D eigenvalue weighted by Crippen LogP contribution is 2.16. The molecule has 0 atom stereocenters. The van der Waals surface area contributed by atoms with Crippen molar-refractivity contribution in [2.24, 2.45) is 0 Å². The van der Waals surface area contributed by atoms with Crippen molar-refractivity contribution in [1.82, 2.24) is 0 Å². The van der Waals surface area contributed by atoms with Gasteiger partial charge < -0.3 is 4.74 Å². The van der Waals surface area contributed by atoms with E-state index < -0.39 is 0 Å². The largest absolute Gasteiger partial charge is 0.372 e. The summed E-state index contributed by atoms with van der Waals surface area (Å²) in [5, 5.41) is 0. The minimum absolute atomic E-state index is 0.626. The standard InChI is InChI=1S/C13H15IO/c1-11(2)9-15-10-13(8-14)12-6-4-3-5-7-12/h3-8H,1,9-10H2,2H3/b13-8+. The van der Waals surface area contributed by atoms with E-state index in [0.717, 1.165) is 5.57 Å². The average molecular weight is 314 g/mol. The van der Waals surface area contributed by atoms with Crippen molar-refractivity contribution in [3.05, 3.63) is 52.1 Å². The summed E-state index contributed by atoms with van der Waals surface area (Å²) in [6.07, 6.45) is 0. The summed E-state index contributed by atoms with van der Waals surface area (Å²) in [5.41, 5.74) is 3.47. The van der Waals surface area contributed by atoms with Crippen LogP contribution in [0.15, 0.2) is 46.6 Å². The molecule has 1 nitrogen and oxygen atoms in total. The molecule has 1 aromatic rings. The zero-order valence-electron chi connectivity index (χ0n) is 8.87. The Morgan fingerprint density at radius 3 is 2.53 bits per heavy atom. The maximum absolute atomic E-state index is 5.53. The van der Waals surface area contributed by atoms with Gasteiger partial charge in [0.25, 0.3) is 0 Å². The topological polar surface area (TPSA) is 9.23 Å². The minimum Gasteiger partial charge on any atom is -0.372 e. The van der Waals surface area contributed by atoms with E-state index in [1.165, 1.54) is 11.1 Å². The lowest BCUT2D eigenvalue weighted by Gasteiger charge is -2.07. The van der Waals surface area contributed by atoms with E-state index in [2.05, 4.69) is 45.4 Å². The first-order valence-corrected chi connectivity index (χ1v) is 6.05. The number of ether oxygens (including phenoxy) is 1. The Morgan fingerprint density at radius 1 is 1.33 bits per heavy atom. The molecule has 0 saturated heterocycles. The second-order valence-corrected chi connectivity index (χ2v) is 4.07. The van der Waals surface area contributed by atoms with E-state index in [1.807, 2.05) is 25.1 Å². The predicted molar refractivity (Wildman–Crippen MR) is 74.1 cm³/mol. The average Bonchev–Trinajstić information content (AvgIpc) is 2.25. The molecule has 0 aliphatic rings. The maximum Gasteiger partial charge on any atom is 0.0731 e. The summed E-state index contributed by atoms with van der Waals surface area (Å²) in [4.78, 5) is 0. The molecule has 0 fully saturated rings. The third-order valence-electron chi connectivity index (χ3n) is 1.88. The number of hydrogen-bond acceptors (Lipinski definition) is 1. The molecule has 0 saturated carbocycles. The Labute approximate surface area is 105 Å². The van der Waals surface area contributed by atoms with E-state index in [1.54, 1.807) is 0 Å². The first-order valence-electron chi connectivity index (χ1n) is 4.81. The van der Waals surface area contributed by atoms with Gasteiger partial charge in [-0.25, -0.2) is 0 Å². The fraction of sp³-hybridized carbons (Fsp3) is 0.231. The van der Waals surface area contributed by atoms with Gasteiger partial charge in [0, 0.05) is 0 Å². The molecule has 1 rings (SSSR count). The number of benzene rings is 1. The molecule has 0 bridgehead atoms. The van der Waals surface area contributed by atoms with Gasteiger partial charge in [0.1, 0.15) is 0 Å². The Bertz CT molecular complexity index is 341. The van der Waals surface area contributed by atoms with Gasteiger partial charge in [-0.1, -0.05) is 65.1 Å². The van der Waals surface area contributed by atoms with Crippen molar-refractivity contribution in [2.75, 3.05) is 13.2 Å². The van der Waals surface area contributed by atoms with Crippen LogP contribution < -0.4 is 0 Å². The van der Waals surface area contributed by atoms with Gasteiger partial charge in [0.2, 0.25) is 0 Å². The van der Waals surface area contributed by atoms with Gasteiger partial charge in [-0.05, 0) is 22.1 Å². The smallest absolute Gasteiger partial charge is 0.0731 e. The summed E-state index contributed by atoms with van der Waals surface area (Å²) in [6, 6.07) is 10.3. The van der Waals surface area contributed by atoms with Gasteiger partial charge >= 0.3 is 0 Å². The Balaban J connectivity index is 2.55. The third kappa shape index (κ3) is 4.62. The second-order valence-electron chi connectivity index (χ2n) is 3.45. The molecule has 0 aliphatic heterocycles. The highest BCUT2D eigenvalue weighted by molar-refractivity contribution is 14.1. The molecule has 0 aliphatic carbocycles. The predicted octanol–water partition coefficient (Wildman–Crippen LogP) is 4.06. The summed E-state index contributed by atoms with van der Waals surface area (Å²) < 4.78 is 7.59. The fourth-order valence-corrected chi connectivity index (χ4v) is 1.70. The SMILES string of the molecule is C=C(C)COC/C(=C\I)c1ccccc1. The van der Waals surface area contributed by atoms with Crippen LogP contribution in [0.4, 0.5) is 0 Å². The second kappa shape index (κ2) is 6.80. The van der Waals surface area contributed by atoms with Crippen LogP contribution in [0.5, 0.6) is 0 Å². The molecule has 0 radical (unpaired) electrons. The van der Waals surface area contributed by atoms with Crippen LogP contribution in [0.1, 0.15) is 12.5 Å². The molecule has 1 aromatic carbocycles. The summed E-state index contributed by atoms with van der Waals surface area (Å²) in [5.74, 6) is 0. The summed E-state index contributed by atoms with van der Waals surface area (Å²) in [6.45, 7) is 7.04. The molecular formula is C13H15IO. The van der Waals surface area contributed by atoms with Crippen LogP contribution in [0, 0.1) is 0 Å². The quantitative estimate of drug-likeness (QED) is 0.588. The van der Waals surface area contributed by atoms with Crippen molar-refractivity contribution in [3.63, 3.8) is 0 Å². The molecular weight excluding hydrogens is 299 g/mol. The monoisotopic (exact) mass is 314 g/mol. The lowest BCUT2D eigenvalue weighted by atomic mass is 10.1. The van der Waals surface area contributed by atoms with E-state index in [4.69, 9.17) is 4.74 Å². The van der Waals surface area contributed by atoms with Crippen molar-refractivity contribution in [3.8, 4) is 0 Å². The van der Waals surface area contributed by atoms with Gasteiger partial charge in [-0.2, -0.15) is 0 Å². The first kappa shape index (κ1) is 12.5. The Morgan fingerprint density at radius 2 is 2.00 bits per heavy atom. The molecule has 2 heteroatoms. The minimum atomic E-state index is 0.626. The molecule has 0 unspecified atom stereocenters. The van der Waals surface area contributed by atoms with Crippen LogP contribution in [0.25, 0.3) is 5.57 Å². The van der Waals surface area contributed by atoms with E-state index in [9.17, 15) is 0 Å². The van der Waals surface area contributed by atoms with E-state index in [0.29, 0.717) is 13.2 Å². The first-order chi connectivity index (χ1) is 7.24. The van der Waals surface area contributed by atoms with Gasteiger partial charge in [0.15, 0.2) is 0 Å². The van der Waals surface area contributed by atoms with Crippen molar-refractivity contribution >= 4 is 28.2 Å². The van der Waals surface area contributed by atoms with Crippen LogP contribution in [-0.2, 0) is 4.74 Å². The lowest BCUT2D eigenvalue weighted by molar-refractivity contribution is 0.192. The van der Waals surface area contributed by atoms with E-state index in [-0.39, 0.29) is 0 Å². The number of halogens is 1. The van der Waals surface area contributed by atoms with E-state index >= 15 is 0 Å². The van der Waals surface area contributed by atoms with Crippen LogP contribution in [-0.4, -0.2) is 13.2 Å². The van der Waals surface area contributed by atoms with Crippen LogP contribution in [0.2, 0.25) is 0 Å². The zero-order valence-corrected chi connectivity index (χ0v) is 11.0. The van der Waals surface area contributed by atoms with Gasteiger partial charge in [0.05, 0.1) is 13.2 Å². The highest BCUT2D eigenvalue weighted by Gasteiger charge is 2.00. The van der Waals surface area contributed by atoms with Gasteiger partial charge in [-0.15, -0.1) is 0 Å². The Hall–Kier alpha value is -0.610. The summed E-state index contributed by atoms with van der Waals surface area (Å²) >= 11 is 2.25. The van der Waals surface area contributed by atoms with Crippen molar-refractivity contribution < 1.29 is 4.74 Å². The molecule has 0 spiro atoms. The van der Waals surface area contributed by atoms with Gasteiger partial charge in [-0.3, -0.25) is 0 Å². The number of rotatable bonds is 5. The lowest BCUT2D eigenvalue weighted by Crippen LogP contribution is -1.99. The van der Waals surface area contributed by atoms with Crippen molar-refractivity contribution in [2.45, 2.75) is 6.92 Å². The summed E-state index contributed by atoms with van der Waals surface area (Å²) in [7, 11) is 0. The molecule has 0 aromatic heterocycles. The maximum atomic E-state index is 5.53. The molecule has 15 heavy (non-hydrogen) atoms. The third-order valence-corrected chi connectivity index (χ3v) is 2.63. The van der Waals surface area contributed by atoms with Crippen molar-refractivity contribution in [1.29, 1.82) is 0 Å². The zero-order chi connectivity index (χ0) is 11.1.